The van der Waals surface area contributed by atoms with Crippen molar-refractivity contribution in [1.82, 2.24) is 0 Å². The first-order valence-electron chi connectivity index (χ1n) is 17.1. The second-order valence-electron chi connectivity index (χ2n) is 14.3. The van der Waals surface area contributed by atoms with E-state index in [0.29, 0.717) is 17.9 Å². The third kappa shape index (κ3) is 11.3. The zero-order chi connectivity index (χ0) is 30.5. The zero-order valence-electron chi connectivity index (χ0n) is 28.2. The highest BCUT2D eigenvalue weighted by molar-refractivity contribution is 5.51. The standard InChI is InChI=1S/C39H64O2/c1-9-11-13-15-17-19-21-23-38(5,6)34-25-30(3)36(40)32(28-34)27-33-29-35(26-31(4)37(33)41)39(7,8)24-22-20-18-16-14-12-10-2/h25-26,28-29,40-41H,9-24,27H2,1-8H3. The van der Waals surface area contributed by atoms with Crippen LogP contribution >= 0.6 is 0 Å². The highest BCUT2D eigenvalue weighted by Crippen LogP contribution is 2.39. The van der Waals surface area contributed by atoms with Crippen LogP contribution in [0.25, 0.3) is 0 Å². The fourth-order valence-corrected chi connectivity index (χ4v) is 6.30. The minimum atomic E-state index is 0.0506. The maximum atomic E-state index is 11.1. The molecule has 0 fully saturated rings. The van der Waals surface area contributed by atoms with E-state index in [0.717, 1.165) is 35.1 Å². The molecule has 0 saturated heterocycles. The van der Waals surface area contributed by atoms with Gasteiger partial charge in [0.05, 0.1) is 0 Å². The van der Waals surface area contributed by atoms with Crippen LogP contribution in [-0.4, -0.2) is 10.2 Å². The van der Waals surface area contributed by atoms with Crippen LogP contribution in [0.1, 0.15) is 178 Å². The lowest BCUT2D eigenvalue weighted by Gasteiger charge is -2.28. The van der Waals surface area contributed by atoms with Gasteiger partial charge in [0.2, 0.25) is 0 Å². The highest BCUT2D eigenvalue weighted by Gasteiger charge is 2.25. The molecule has 2 rings (SSSR count). The molecule has 2 heteroatoms. The monoisotopic (exact) mass is 564 g/mol. The number of rotatable bonds is 20. The molecule has 0 atom stereocenters. The van der Waals surface area contributed by atoms with Crippen LogP contribution in [0.4, 0.5) is 0 Å². The average Bonchev–Trinajstić information content (AvgIpc) is 2.92. The molecule has 0 aliphatic rings. The molecule has 41 heavy (non-hydrogen) atoms. The number of hydrogen-bond donors (Lipinski definition) is 2. The van der Waals surface area contributed by atoms with Gasteiger partial charge in [0, 0.05) is 6.42 Å². The third-order valence-corrected chi connectivity index (χ3v) is 9.51. The van der Waals surface area contributed by atoms with Gasteiger partial charge < -0.3 is 10.2 Å². The molecule has 0 saturated carbocycles. The number of benzene rings is 2. The largest absolute Gasteiger partial charge is 0.507 e. The lowest BCUT2D eigenvalue weighted by atomic mass is 9.77. The van der Waals surface area contributed by atoms with Gasteiger partial charge in [-0.05, 0) is 70.9 Å². The maximum Gasteiger partial charge on any atom is 0.122 e. The molecule has 0 spiro atoms. The first-order valence-corrected chi connectivity index (χ1v) is 17.1. The Kier molecular flexibility index (Phi) is 14.8. The summed E-state index contributed by atoms with van der Waals surface area (Å²) in [5.74, 6) is 0.732. The molecular formula is C39H64O2. The Morgan fingerprint density at radius 1 is 0.488 bits per heavy atom. The van der Waals surface area contributed by atoms with Crippen molar-refractivity contribution in [3.05, 3.63) is 57.6 Å². The number of unbranched alkanes of at least 4 members (excludes halogenated alkanes) is 12. The molecule has 2 aromatic rings. The van der Waals surface area contributed by atoms with Crippen LogP contribution in [0.2, 0.25) is 0 Å². The summed E-state index contributed by atoms with van der Waals surface area (Å²) < 4.78 is 0. The van der Waals surface area contributed by atoms with Crippen LogP contribution in [0.3, 0.4) is 0 Å². The fraction of sp³-hybridized carbons (Fsp3) is 0.692. The molecule has 2 nitrogen and oxygen atoms in total. The van der Waals surface area contributed by atoms with Gasteiger partial charge in [0.15, 0.2) is 0 Å². The van der Waals surface area contributed by atoms with Crippen molar-refractivity contribution in [3.8, 4) is 11.5 Å². The van der Waals surface area contributed by atoms with Crippen molar-refractivity contribution >= 4 is 0 Å². The summed E-state index contributed by atoms with van der Waals surface area (Å²) in [4.78, 5) is 0. The van der Waals surface area contributed by atoms with Gasteiger partial charge in [-0.2, -0.15) is 0 Å². The molecule has 0 aromatic heterocycles. The second kappa shape index (κ2) is 17.2. The Hall–Kier alpha value is -1.96. The number of hydrogen-bond acceptors (Lipinski definition) is 2. The smallest absolute Gasteiger partial charge is 0.122 e. The summed E-state index contributed by atoms with van der Waals surface area (Å²) in [5, 5.41) is 22.2. The minimum absolute atomic E-state index is 0.0506. The van der Waals surface area contributed by atoms with Crippen molar-refractivity contribution in [2.24, 2.45) is 0 Å². The van der Waals surface area contributed by atoms with Gasteiger partial charge in [-0.15, -0.1) is 0 Å². The van der Waals surface area contributed by atoms with Crippen LogP contribution in [0, 0.1) is 13.8 Å². The molecule has 232 valence electrons. The van der Waals surface area contributed by atoms with E-state index in [4.69, 9.17) is 0 Å². The Morgan fingerprint density at radius 2 is 0.805 bits per heavy atom. The highest BCUT2D eigenvalue weighted by atomic mass is 16.3. The van der Waals surface area contributed by atoms with Gasteiger partial charge in [-0.25, -0.2) is 0 Å². The first-order chi connectivity index (χ1) is 19.4. The Labute approximate surface area is 254 Å². The van der Waals surface area contributed by atoms with Crippen LogP contribution < -0.4 is 0 Å². The first kappa shape index (κ1) is 35.2. The van der Waals surface area contributed by atoms with Crippen molar-refractivity contribution < 1.29 is 10.2 Å². The molecule has 0 aliphatic heterocycles. The van der Waals surface area contributed by atoms with Crippen molar-refractivity contribution in [3.63, 3.8) is 0 Å². The normalized spacial score (nSPS) is 12.3. The van der Waals surface area contributed by atoms with Crippen LogP contribution in [0.5, 0.6) is 11.5 Å². The maximum absolute atomic E-state index is 11.1. The van der Waals surface area contributed by atoms with E-state index in [9.17, 15) is 10.2 Å². The molecule has 0 heterocycles. The summed E-state index contributed by atoms with van der Waals surface area (Å²) >= 11 is 0. The predicted octanol–water partition coefficient (Wildman–Crippen LogP) is 12.1. The molecule has 0 amide bonds. The Balaban J connectivity index is 2.15. The van der Waals surface area contributed by atoms with Gasteiger partial charge in [0.1, 0.15) is 11.5 Å². The Bertz CT molecular complexity index is 963. The summed E-state index contributed by atoms with van der Waals surface area (Å²) in [6.45, 7) is 17.9. The van der Waals surface area contributed by atoms with Crippen molar-refractivity contribution in [2.45, 2.75) is 175 Å². The van der Waals surface area contributed by atoms with E-state index in [1.54, 1.807) is 0 Å². The van der Waals surface area contributed by atoms with E-state index in [1.807, 2.05) is 13.8 Å². The van der Waals surface area contributed by atoms with Gasteiger partial charge >= 0.3 is 0 Å². The van der Waals surface area contributed by atoms with Crippen molar-refractivity contribution in [2.75, 3.05) is 0 Å². The quantitative estimate of drug-likeness (QED) is 0.157. The molecule has 0 bridgehead atoms. The molecule has 2 N–H and O–H groups in total. The molecule has 0 unspecified atom stereocenters. The summed E-state index contributed by atoms with van der Waals surface area (Å²) in [6.07, 6.45) is 21.3. The summed E-state index contributed by atoms with van der Waals surface area (Å²) in [7, 11) is 0. The van der Waals surface area contributed by atoms with E-state index < -0.39 is 0 Å². The number of aromatic hydroxyl groups is 2. The van der Waals surface area contributed by atoms with E-state index >= 15 is 0 Å². The lowest BCUT2D eigenvalue weighted by Crippen LogP contribution is -2.18. The van der Waals surface area contributed by atoms with E-state index in [2.05, 4.69) is 65.8 Å². The number of phenols is 2. The summed E-state index contributed by atoms with van der Waals surface area (Å²) in [6, 6.07) is 8.75. The number of phenolic OH excluding ortho intramolecular Hbond substituents is 2. The van der Waals surface area contributed by atoms with Gasteiger partial charge in [-0.1, -0.05) is 156 Å². The zero-order valence-corrected chi connectivity index (χ0v) is 28.2. The topological polar surface area (TPSA) is 40.5 Å². The van der Waals surface area contributed by atoms with E-state index in [-0.39, 0.29) is 10.8 Å². The van der Waals surface area contributed by atoms with Crippen LogP contribution in [-0.2, 0) is 17.3 Å². The average molecular weight is 565 g/mol. The molecule has 0 radical (unpaired) electrons. The lowest BCUT2D eigenvalue weighted by molar-refractivity contribution is 0.434. The third-order valence-electron chi connectivity index (χ3n) is 9.51. The molecular weight excluding hydrogens is 500 g/mol. The van der Waals surface area contributed by atoms with Crippen LogP contribution in [0.15, 0.2) is 24.3 Å². The fourth-order valence-electron chi connectivity index (χ4n) is 6.30. The number of aryl methyl sites for hydroxylation is 2. The van der Waals surface area contributed by atoms with Crippen molar-refractivity contribution in [1.29, 1.82) is 0 Å². The Morgan fingerprint density at radius 3 is 1.15 bits per heavy atom. The minimum Gasteiger partial charge on any atom is -0.507 e. The van der Waals surface area contributed by atoms with Gasteiger partial charge in [0.25, 0.3) is 0 Å². The second-order valence-corrected chi connectivity index (χ2v) is 14.3. The van der Waals surface area contributed by atoms with E-state index in [1.165, 1.54) is 101 Å². The van der Waals surface area contributed by atoms with Gasteiger partial charge in [-0.3, -0.25) is 0 Å². The molecule has 0 aliphatic carbocycles. The summed E-state index contributed by atoms with van der Waals surface area (Å²) in [5.41, 5.74) is 6.38. The SMILES string of the molecule is CCCCCCCCCC(C)(C)c1cc(C)c(O)c(Cc2cc(C(C)(C)CCCCCCCCC)cc(C)c2O)c1. The molecule has 2 aromatic carbocycles. The predicted molar refractivity (Wildman–Crippen MR) is 180 cm³/mol.